The van der Waals surface area contributed by atoms with Gasteiger partial charge in [0, 0.05) is 17.3 Å². The number of fused-ring (bicyclic) bond motifs is 5. The second-order valence-corrected chi connectivity index (χ2v) is 12.6. The lowest BCUT2D eigenvalue weighted by Gasteiger charge is -2.60. The van der Waals surface area contributed by atoms with Crippen molar-refractivity contribution in [3.8, 4) is 0 Å². The Morgan fingerprint density at radius 2 is 1.84 bits per heavy atom. The number of rotatable bonds is 6. The summed E-state index contributed by atoms with van der Waals surface area (Å²) in [6, 6.07) is 0. The maximum absolute atomic E-state index is 12.8. The Labute approximate surface area is 194 Å². The number of aliphatic hydroxyl groups excluding tert-OH is 3. The molecule has 0 bridgehead atoms. The highest BCUT2D eigenvalue weighted by Gasteiger charge is 2.65. The van der Waals surface area contributed by atoms with Crippen LogP contribution in [-0.4, -0.2) is 39.9 Å². The lowest BCUT2D eigenvalue weighted by atomic mass is 9.45. The third kappa shape index (κ3) is 3.64. The second kappa shape index (κ2) is 8.82. The Morgan fingerprint density at radius 3 is 2.50 bits per heavy atom. The van der Waals surface area contributed by atoms with Gasteiger partial charge in [-0.25, -0.2) is 0 Å². The molecule has 0 saturated heterocycles. The van der Waals surface area contributed by atoms with Gasteiger partial charge in [0.1, 0.15) is 6.29 Å². The minimum atomic E-state index is -0.641. The molecule has 0 amide bonds. The van der Waals surface area contributed by atoms with Crippen LogP contribution in [0, 0.1) is 52.3 Å². The van der Waals surface area contributed by atoms with E-state index in [0.717, 1.165) is 31.3 Å². The lowest BCUT2D eigenvalue weighted by Crippen LogP contribution is -2.61. The highest BCUT2D eigenvalue weighted by Crippen LogP contribution is 2.66. The predicted octanol–water partition coefficient (Wildman–Crippen LogP) is 4.76. The molecule has 4 rings (SSSR count). The van der Waals surface area contributed by atoms with E-state index in [1.54, 1.807) is 0 Å². The predicted molar refractivity (Wildman–Crippen MR) is 127 cm³/mol. The first kappa shape index (κ1) is 24.4. The molecule has 0 radical (unpaired) electrons. The van der Waals surface area contributed by atoms with E-state index in [-0.39, 0.29) is 17.8 Å². The Balaban J connectivity index is 1.61. The smallest absolute Gasteiger partial charge is 0.126 e. The Hall–Kier alpha value is -0.710. The third-order valence-electron chi connectivity index (χ3n) is 10.9. The van der Waals surface area contributed by atoms with E-state index in [2.05, 4.69) is 40.7 Å². The first-order valence-corrected chi connectivity index (χ1v) is 13.3. The number of aldehydes is 1. The van der Waals surface area contributed by atoms with Gasteiger partial charge in [-0.3, -0.25) is 0 Å². The fourth-order valence-corrected chi connectivity index (χ4v) is 8.66. The van der Waals surface area contributed by atoms with Crippen molar-refractivity contribution in [2.45, 2.75) is 104 Å². The van der Waals surface area contributed by atoms with Gasteiger partial charge in [0.05, 0.1) is 18.3 Å². The largest absolute Gasteiger partial charge is 0.393 e. The molecular formula is C28H46O4. The zero-order chi connectivity index (χ0) is 23.4. The van der Waals surface area contributed by atoms with Gasteiger partial charge in [0.25, 0.3) is 0 Å². The van der Waals surface area contributed by atoms with Gasteiger partial charge in [0.15, 0.2) is 0 Å². The third-order valence-corrected chi connectivity index (χ3v) is 10.9. The summed E-state index contributed by atoms with van der Waals surface area (Å²) in [6.45, 7) is 11.3. The van der Waals surface area contributed by atoms with Crippen LogP contribution >= 0.6 is 0 Å². The normalized spacial score (nSPS) is 47.8. The van der Waals surface area contributed by atoms with Crippen LogP contribution in [0.3, 0.4) is 0 Å². The maximum atomic E-state index is 12.8. The molecular weight excluding hydrogens is 400 g/mol. The lowest BCUT2D eigenvalue weighted by molar-refractivity contribution is -0.166. The molecule has 4 nitrogen and oxygen atoms in total. The topological polar surface area (TPSA) is 77.8 Å². The number of allylic oxidation sites excluding steroid dienone is 1. The Morgan fingerprint density at radius 1 is 1.12 bits per heavy atom. The molecule has 0 spiro atoms. The molecule has 4 heteroatoms. The Kier molecular flexibility index (Phi) is 6.73. The van der Waals surface area contributed by atoms with Crippen molar-refractivity contribution in [1.29, 1.82) is 0 Å². The van der Waals surface area contributed by atoms with Crippen molar-refractivity contribution in [1.82, 2.24) is 0 Å². The molecule has 0 aliphatic heterocycles. The van der Waals surface area contributed by atoms with Crippen LogP contribution < -0.4 is 0 Å². The quantitative estimate of drug-likeness (QED) is 0.406. The van der Waals surface area contributed by atoms with E-state index in [4.69, 9.17) is 0 Å². The number of carbonyl (C=O) groups is 1. The maximum Gasteiger partial charge on any atom is 0.126 e. The molecule has 3 N–H and O–H groups in total. The zero-order valence-electron chi connectivity index (χ0n) is 20.8. The molecule has 32 heavy (non-hydrogen) atoms. The molecule has 0 aromatic rings. The average molecular weight is 447 g/mol. The molecule has 182 valence electrons. The van der Waals surface area contributed by atoms with Crippen LogP contribution in [0.4, 0.5) is 0 Å². The summed E-state index contributed by atoms with van der Waals surface area (Å²) in [4.78, 5) is 12.8. The molecule has 0 aromatic heterocycles. The van der Waals surface area contributed by atoms with E-state index in [0.29, 0.717) is 42.9 Å². The van der Waals surface area contributed by atoms with Crippen molar-refractivity contribution in [2.24, 2.45) is 52.3 Å². The summed E-state index contributed by atoms with van der Waals surface area (Å²) < 4.78 is 0. The van der Waals surface area contributed by atoms with Gasteiger partial charge in [-0.1, -0.05) is 59.1 Å². The van der Waals surface area contributed by atoms with E-state index in [1.807, 2.05) is 0 Å². The van der Waals surface area contributed by atoms with E-state index >= 15 is 0 Å². The van der Waals surface area contributed by atoms with Crippen molar-refractivity contribution in [2.75, 3.05) is 0 Å². The summed E-state index contributed by atoms with van der Waals surface area (Å²) in [5.74, 6) is 2.69. The number of aliphatic hydroxyl groups is 3. The van der Waals surface area contributed by atoms with Crippen molar-refractivity contribution in [3.63, 3.8) is 0 Å². The summed E-state index contributed by atoms with van der Waals surface area (Å²) in [6.07, 6.45) is 8.60. The van der Waals surface area contributed by atoms with Gasteiger partial charge in [-0.15, -0.1) is 0 Å². The van der Waals surface area contributed by atoms with Crippen LogP contribution in [0.1, 0.15) is 86.0 Å². The highest BCUT2D eigenvalue weighted by molar-refractivity contribution is 5.62. The molecule has 3 saturated carbocycles. The first-order valence-electron chi connectivity index (χ1n) is 13.3. The van der Waals surface area contributed by atoms with Crippen LogP contribution in [-0.2, 0) is 4.79 Å². The monoisotopic (exact) mass is 446 g/mol. The Bertz CT molecular complexity index is 731. The molecule has 0 heterocycles. The van der Waals surface area contributed by atoms with Crippen LogP contribution in [0.25, 0.3) is 0 Å². The van der Waals surface area contributed by atoms with Crippen molar-refractivity contribution < 1.29 is 20.1 Å². The molecule has 3 fully saturated rings. The van der Waals surface area contributed by atoms with Crippen LogP contribution in [0.2, 0.25) is 0 Å². The van der Waals surface area contributed by atoms with Gasteiger partial charge >= 0.3 is 0 Å². The molecule has 4 aliphatic carbocycles. The number of hydrogen-bond acceptors (Lipinski definition) is 4. The summed E-state index contributed by atoms with van der Waals surface area (Å²) in [7, 11) is 0. The van der Waals surface area contributed by atoms with Gasteiger partial charge < -0.3 is 20.1 Å². The van der Waals surface area contributed by atoms with Gasteiger partial charge in [0.2, 0.25) is 0 Å². The first-order chi connectivity index (χ1) is 15.1. The minimum Gasteiger partial charge on any atom is -0.393 e. The van der Waals surface area contributed by atoms with Crippen molar-refractivity contribution >= 4 is 6.29 Å². The zero-order valence-corrected chi connectivity index (χ0v) is 20.8. The number of carbonyl (C=O) groups excluding carboxylic acids is 1. The second-order valence-electron chi connectivity index (χ2n) is 12.6. The molecule has 6 unspecified atom stereocenters. The average Bonchev–Trinajstić information content (AvgIpc) is 3.12. The summed E-state index contributed by atoms with van der Waals surface area (Å²) in [5, 5.41) is 32.9. The molecule has 4 aliphatic rings. The van der Waals surface area contributed by atoms with Crippen LogP contribution in [0.15, 0.2) is 11.6 Å². The number of hydrogen-bond donors (Lipinski definition) is 3. The van der Waals surface area contributed by atoms with E-state index in [1.165, 1.54) is 12.7 Å². The van der Waals surface area contributed by atoms with Gasteiger partial charge in [-0.2, -0.15) is 0 Å². The fourth-order valence-electron chi connectivity index (χ4n) is 8.66. The van der Waals surface area contributed by atoms with E-state index < -0.39 is 29.1 Å². The fraction of sp³-hybridized carbons (Fsp3) is 0.893. The molecule has 0 aromatic carbocycles. The highest BCUT2D eigenvalue weighted by atomic mass is 16.3. The van der Waals surface area contributed by atoms with Crippen LogP contribution in [0.5, 0.6) is 0 Å². The standard InChI is InChI=1S/C28H46O4/c1-16(2)17(3)6-7-18(4)22-10-11-23-21-9-8-19-12-20(30)13-25(32)27(19,5)26(21)24(31)14-28(22,23)15-29/h8,15-18,20-26,30-32H,6-7,9-14H2,1-5H3/t17?,18?,20-,21?,22?,23?,24-,25+,26?,27-,28+/m1/s1. The minimum absolute atomic E-state index is 0.0295. The SMILES string of the molecule is CC(C)C(C)CCC(C)C1CCC2C3CC=C4C[C@@H](O)C[C@H](O)[C@]4(C)C3[C@H](O)C[C@]12C=O. The van der Waals surface area contributed by atoms with E-state index in [9.17, 15) is 20.1 Å². The van der Waals surface area contributed by atoms with Crippen molar-refractivity contribution in [3.05, 3.63) is 11.6 Å². The summed E-state index contributed by atoms with van der Waals surface area (Å²) in [5.41, 5.74) is 0.197. The molecule has 11 atom stereocenters. The summed E-state index contributed by atoms with van der Waals surface area (Å²) >= 11 is 0. The van der Waals surface area contributed by atoms with Gasteiger partial charge in [-0.05, 0) is 73.5 Å².